The molecule has 0 radical (unpaired) electrons. The van der Waals surface area contributed by atoms with Crippen LogP contribution in [0, 0.1) is 5.92 Å². The Morgan fingerprint density at radius 2 is 2.07 bits per heavy atom. The van der Waals surface area contributed by atoms with Crippen LogP contribution in [0.1, 0.15) is 47.7 Å². The summed E-state index contributed by atoms with van der Waals surface area (Å²) in [5, 5.41) is 4.06. The Kier molecular flexibility index (Phi) is 6.36. The zero-order valence-corrected chi connectivity index (χ0v) is 15.2. The van der Waals surface area contributed by atoms with Crippen molar-refractivity contribution in [3.05, 3.63) is 35.9 Å². The molecule has 0 N–H and O–H groups in total. The van der Waals surface area contributed by atoms with Crippen LogP contribution in [0.2, 0.25) is 0 Å². The molecule has 1 aliphatic carbocycles. The highest BCUT2D eigenvalue weighted by Gasteiger charge is 2.30. The van der Waals surface area contributed by atoms with Gasteiger partial charge in [-0.15, -0.1) is 0 Å². The first-order chi connectivity index (χ1) is 13.1. The van der Waals surface area contributed by atoms with E-state index in [2.05, 4.69) is 10.1 Å². The van der Waals surface area contributed by atoms with Crippen molar-refractivity contribution in [2.75, 3.05) is 13.7 Å². The van der Waals surface area contributed by atoms with Gasteiger partial charge >= 0.3 is 0 Å². The van der Waals surface area contributed by atoms with Gasteiger partial charge < -0.3 is 9.47 Å². The SMILES string of the molecule is COc1cncc(OCC2CCCCC2c2ccnn2CC(F)F)c1C=O. The van der Waals surface area contributed by atoms with Gasteiger partial charge in [-0.1, -0.05) is 12.8 Å². The molecule has 0 spiro atoms. The zero-order chi connectivity index (χ0) is 19.2. The molecule has 2 unspecified atom stereocenters. The maximum Gasteiger partial charge on any atom is 0.257 e. The van der Waals surface area contributed by atoms with Crippen molar-refractivity contribution in [1.29, 1.82) is 0 Å². The first-order valence-corrected chi connectivity index (χ1v) is 9.03. The summed E-state index contributed by atoms with van der Waals surface area (Å²) >= 11 is 0. The molecular formula is C19H23F2N3O3. The summed E-state index contributed by atoms with van der Waals surface area (Å²) in [6.45, 7) is -0.0261. The fourth-order valence-corrected chi connectivity index (χ4v) is 3.76. The molecule has 1 aliphatic rings. The number of aldehydes is 1. The molecular weight excluding hydrogens is 356 g/mol. The number of alkyl halides is 2. The van der Waals surface area contributed by atoms with E-state index in [0.29, 0.717) is 30.0 Å². The lowest BCUT2D eigenvalue weighted by molar-refractivity contribution is 0.111. The standard InChI is InChI=1S/C19H23F2N3O3/c1-26-17-8-22-9-18(15(17)11-25)27-12-13-4-2-3-5-14(13)16-6-7-23-24(16)10-19(20)21/h6-9,11,13-14,19H,2-5,10,12H2,1H3. The monoisotopic (exact) mass is 379 g/mol. The van der Waals surface area contributed by atoms with Gasteiger partial charge in [-0.3, -0.25) is 14.5 Å². The van der Waals surface area contributed by atoms with Crippen LogP contribution in [-0.4, -0.2) is 41.2 Å². The predicted octanol–water partition coefficient (Wildman–Crippen LogP) is 3.72. The van der Waals surface area contributed by atoms with Crippen LogP contribution < -0.4 is 9.47 Å². The molecule has 2 heterocycles. The first-order valence-electron chi connectivity index (χ1n) is 9.03. The van der Waals surface area contributed by atoms with Gasteiger partial charge in [0.2, 0.25) is 0 Å². The largest absolute Gasteiger partial charge is 0.494 e. The molecule has 1 saturated carbocycles. The van der Waals surface area contributed by atoms with Gasteiger partial charge in [0, 0.05) is 23.7 Å². The fourth-order valence-electron chi connectivity index (χ4n) is 3.76. The van der Waals surface area contributed by atoms with E-state index in [4.69, 9.17) is 9.47 Å². The summed E-state index contributed by atoms with van der Waals surface area (Å²) in [5.74, 6) is 0.975. The molecule has 6 nitrogen and oxygen atoms in total. The van der Waals surface area contributed by atoms with Gasteiger partial charge in [-0.05, 0) is 18.9 Å². The molecule has 8 heteroatoms. The van der Waals surface area contributed by atoms with Gasteiger partial charge in [0.15, 0.2) is 17.8 Å². The number of aromatic nitrogens is 3. The molecule has 1 fully saturated rings. The molecule has 0 aliphatic heterocycles. The number of carbonyl (C=O) groups is 1. The van der Waals surface area contributed by atoms with Crippen molar-refractivity contribution in [3.63, 3.8) is 0 Å². The van der Waals surface area contributed by atoms with E-state index in [0.717, 1.165) is 31.4 Å². The Balaban J connectivity index is 1.76. The van der Waals surface area contributed by atoms with Crippen LogP contribution in [0.5, 0.6) is 11.5 Å². The molecule has 0 saturated heterocycles. The fraction of sp³-hybridized carbons (Fsp3) is 0.526. The van der Waals surface area contributed by atoms with Crippen molar-refractivity contribution in [2.45, 2.75) is 44.6 Å². The quantitative estimate of drug-likeness (QED) is 0.654. The van der Waals surface area contributed by atoms with E-state index < -0.39 is 13.0 Å². The second-order valence-electron chi connectivity index (χ2n) is 6.66. The molecule has 2 aromatic heterocycles. The topological polar surface area (TPSA) is 66.2 Å². The van der Waals surface area contributed by atoms with Gasteiger partial charge in [0.25, 0.3) is 6.43 Å². The van der Waals surface area contributed by atoms with Crippen molar-refractivity contribution < 1.29 is 23.0 Å². The van der Waals surface area contributed by atoms with Gasteiger partial charge in [0.1, 0.15) is 12.1 Å². The van der Waals surface area contributed by atoms with E-state index in [1.807, 2.05) is 6.07 Å². The molecule has 0 bridgehead atoms. The van der Waals surface area contributed by atoms with Crippen molar-refractivity contribution in [2.24, 2.45) is 5.92 Å². The van der Waals surface area contributed by atoms with E-state index in [1.165, 1.54) is 24.2 Å². The zero-order valence-electron chi connectivity index (χ0n) is 15.2. The summed E-state index contributed by atoms with van der Waals surface area (Å²) in [7, 11) is 1.47. The number of halogens is 2. The van der Waals surface area contributed by atoms with Crippen LogP contribution in [0.15, 0.2) is 24.7 Å². The third-order valence-corrected chi connectivity index (χ3v) is 5.05. The number of hydrogen-bond acceptors (Lipinski definition) is 5. The molecule has 2 atom stereocenters. The average molecular weight is 379 g/mol. The Labute approximate surface area is 156 Å². The number of methoxy groups -OCH3 is 1. The normalized spacial score (nSPS) is 19.9. The summed E-state index contributed by atoms with van der Waals surface area (Å²) in [5.41, 5.74) is 1.14. The Bertz CT molecular complexity index is 766. The van der Waals surface area contributed by atoms with Crippen molar-refractivity contribution in [3.8, 4) is 11.5 Å². The van der Waals surface area contributed by atoms with Gasteiger partial charge in [-0.2, -0.15) is 5.10 Å². The highest BCUT2D eigenvalue weighted by atomic mass is 19.3. The molecule has 0 amide bonds. The highest BCUT2D eigenvalue weighted by molar-refractivity contribution is 5.83. The van der Waals surface area contributed by atoms with Crippen LogP contribution in [0.25, 0.3) is 0 Å². The third-order valence-electron chi connectivity index (χ3n) is 5.05. The summed E-state index contributed by atoms with van der Waals surface area (Å²) < 4.78 is 38.1. The van der Waals surface area contributed by atoms with Crippen LogP contribution in [0.4, 0.5) is 8.78 Å². The lowest BCUT2D eigenvalue weighted by Gasteiger charge is -2.32. The second kappa shape index (κ2) is 8.92. The Morgan fingerprint density at radius 3 is 2.81 bits per heavy atom. The number of nitrogens with zero attached hydrogens (tertiary/aromatic N) is 3. The van der Waals surface area contributed by atoms with Crippen LogP contribution in [0.3, 0.4) is 0 Å². The summed E-state index contributed by atoms with van der Waals surface area (Å²) in [6, 6.07) is 1.81. The number of ether oxygens (including phenoxy) is 2. The third kappa shape index (κ3) is 4.43. The lowest BCUT2D eigenvalue weighted by atomic mass is 9.78. The molecule has 2 aromatic rings. The van der Waals surface area contributed by atoms with Gasteiger partial charge in [-0.25, -0.2) is 8.78 Å². The van der Waals surface area contributed by atoms with Crippen molar-refractivity contribution >= 4 is 6.29 Å². The smallest absolute Gasteiger partial charge is 0.257 e. The van der Waals surface area contributed by atoms with Crippen LogP contribution >= 0.6 is 0 Å². The average Bonchev–Trinajstić information content (AvgIpc) is 3.13. The summed E-state index contributed by atoms with van der Waals surface area (Å²) in [4.78, 5) is 15.4. The Hall–Kier alpha value is -2.51. The van der Waals surface area contributed by atoms with E-state index in [1.54, 1.807) is 6.20 Å². The molecule has 3 rings (SSSR count). The van der Waals surface area contributed by atoms with E-state index in [-0.39, 0.29) is 11.8 Å². The van der Waals surface area contributed by atoms with Gasteiger partial charge in [0.05, 0.1) is 26.1 Å². The lowest BCUT2D eigenvalue weighted by Crippen LogP contribution is -2.27. The molecule has 146 valence electrons. The number of pyridine rings is 1. The maximum atomic E-state index is 12.8. The van der Waals surface area contributed by atoms with Crippen molar-refractivity contribution in [1.82, 2.24) is 14.8 Å². The second-order valence-corrected chi connectivity index (χ2v) is 6.66. The predicted molar refractivity (Wildman–Crippen MR) is 94.6 cm³/mol. The minimum atomic E-state index is -2.44. The van der Waals surface area contributed by atoms with E-state index in [9.17, 15) is 13.6 Å². The number of hydrogen-bond donors (Lipinski definition) is 0. The minimum absolute atomic E-state index is 0.0956. The van der Waals surface area contributed by atoms with E-state index >= 15 is 0 Å². The minimum Gasteiger partial charge on any atom is -0.494 e. The number of carbonyl (C=O) groups excluding carboxylic acids is 1. The molecule has 0 aromatic carbocycles. The highest BCUT2D eigenvalue weighted by Crippen LogP contribution is 2.38. The summed E-state index contributed by atoms with van der Waals surface area (Å²) in [6.07, 6.45) is 6.70. The Morgan fingerprint density at radius 1 is 1.30 bits per heavy atom. The van der Waals surface area contributed by atoms with Crippen LogP contribution in [-0.2, 0) is 6.54 Å². The molecule has 27 heavy (non-hydrogen) atoms. The number of rotatable bonds is 8. The maximum absolute atomic E-state index is 12.8. The first kappa shape index (κ1) is 19.3.